The normalized spacial score (nSPS) is 17.4. The molecule has 4 amide bonds. The zero-order valence-electron chi connectivity index (χ0n) is 27.7. The number of carbonyl (C=O) groups excluding carboxylic acids is 4. The van der Waals surface area contributed by atoms with E-state index in [1.165, 1.54) is 19.2 Å². The molecule has 2 atom stereocenters. The number of carbonyl (C=O) groups is 4. The SMILES string of the molecule is COc1cc2ccc1O[C@H]1CN(C(=O)CCC(=O)Nc3cccc(O)c3)C[C@@H]1NC(=O)c1ccc(C)c(c1)-c1cccc(c1)OCC(=O)NC2. The van der Waals surface area contributed by atoms with Gasteiger partial charge in [0.05, 0.1) is 19.7 Å². The third-order valence-electron chi connectivity index (χ3n) is 8.64. The number of likely N-dealkylation sites (tertiary alicyclic amines) is 1. The van der Waals surface area contributed by atoms with Crippen molar-refractivity contribution in [2.24, 2.45) is 0 Å². The molecule has 0 spiro atoms. The van der Waals surface area contributed by atoms with Crippen LogP contribution in [0.25, 0.3) is 11.1 Å². The fourth-order valence-electron chi connectivity index (χ4n) is 5.98. The lowest BCUT2D eigenvalue weighted by atomic mass is 9.97. The third-order valence-corrected chi connectivity index (χ3v) is 8.64. The minimum absolute atomic E-state index is 0.0170. The highest BCUT2D eigenvalue weighted by Gasteiger charge is 2.38. The molecule has 7 rings (SSSR count). The molecule has 258 valence electrons. The maximum atomic E-state index is 13.8. The number of phenolic OH excluding ortho intramolecular Hbond substituents is 1. The van der Waals surface area contributed by atoms with Crippen LogP contribution in [0.3, 0.4) is 0 Å². The number of hydrogen-bond donors (Lipinski definition) is 4. The zero-order chi connectivity index (χ0) is 35.2. The molecule has 3 heterocycles. The van der Waals surface area contributed by atoms with Crippen LogP contribution >= 0.6 is 0 Å². The molecule has 1 saturated heterocycles. The van der Waals surface area contributed by atoms with Gasteiger partial charge in [-0.25, -0.2) is 0 Å². The van der Waals surface area contributed by atoms with Crippen molar-refractivity contribution in [3.05, 3.63) is 102 Å². The van der Waals surface area contributed by atoms with E-state index in [2.05, 4.69) is 16.0 Å². The molecule has 1 fully saturated rings. The van der Waals surface area contributed by atoms with Crippen molar-refractivity contribution >= 4 is 29.3 Å². The van der Waals surface area contributed by atoms with Crippen LogP contribution in [0.15, 0.2) is 84.9 Å². The van der Waals surface area contributed by atoms with Crippen LogP contribution in [0.2, 0.25) is 0 Å². The summed E-state index contributed by atoms with van der Waals surface area (Å²) in [7, 11) is 1.51. The fourth-order valence-corrected chi connectivity index (χ4v) is 5.98. The van der Waals surface area contributed by atoms with Crippen LogP contribution < -0.4 is 30.2 Å². The molecule has 3 aliphatic rings. The van der Waals surface area contributed by atoms with Crippen molar-refractivity contribution in [3.8, 4) is 34.1 Å². The number of aryl methyl sites for hydroxylation is 1. The number of nitrogens with zero attached hydrogens (tertiary/aromatic N) is 1. The molecule has 4 aromatic carbocycles. The Kier molecular flexibility index (Phi) is 10.2. The number of nitrogens with one attached hydrogen (secondary N) is 3. The number of phenols is 1. The van der Waals surface area contributed by atoms with Gasteiger partial charge in [-0.3, -0.25) is 19.2 Å². The molecule has 0 saturated carbocycles. The largest absolute Gasteiger partial charge is 0.508 e. The number of aromatic hydroxyl groups is 1. The van der Waals surface area contributed by atoms with E-state index in [1.54, 1.807) is 53.4 Å². The van der Waals surface area contributed by atoms with E-state index in [-0.39, 0.29) is 68.5 Å². The van der Waals surface area contributed by atoms with Crippen LogP contribution in [0.1, 0.15) is 34.3 Å². The smallest absolute Gasteiger partial charge is 0.258 e. The summed E-state index contributed by atoms with van der Waals surface area (Å²) in [5, 5.41) is 18.3. The molecular weight excluding hydrogens is 640 g/mol. The summed E-state index contributed by atoms with van der Waals surface area (Å²) >= 11 is 0. The Labute approximate surface area is 289 Å². The minimum Gasteiger partial charge on any atom is -0.508 e. The Hall–Kier alpha value is -6.04. The molecule has 4 aromatic rings. The maximum Gasteiger partial charge on any atom is 0.258 e. The first-order valence-corrected chi connectivity index (χ1v) is 16.3. The topological polar surface area (TPSA) is 156 Å². The Bertz CT molecular complexity index is 1930. The highest BCUT2D eigenvalue weighted by molar-refractivity contribution is 5.96. The van der Waals surface area contributed by atoms with Gasteiger partial charge in [0.15, 0.2) is 18.1 Å². The summed E-state index contributed by atoms with van der Waals surface area (Å²) in [5.74, 6) is 0.0681. The summed E-state index contributed by atoms with van der Waals surface area (Å²) in [5.41, 5.74) is 4.20. The number of anilines is 1. The number of hydrogen-bond acceptors (Lipinski definition) is 8. The Balaban J connectivity index is 1.25. The molecular formula is C38H38N4O8. The van der Waals surface area contributed by atoms with Crippen molar-refractivity contribution < 1.29 is 38.5 Å². The first-order chi connectivity index (χ1) is 24.1. The summed E-state index contributed by atoms with van der Waals surface area (Å²) < 4.78 is 17.8. The fraction of sp³-hybridized carbons (Fsp3) is 0.263. The average Bonchev–Trinajstić information content (AvgIpc) is 3.50. The van der Waals surface area contributed by atoms with Crippen LogP contribution in [0.4, 0.5) is 5.69 Å². The summed E-state index contributed by atoms with van der Waals surface area (Å²) in [6.45, 7) is 2.32. The lowest BCUT2D eigenvalue weighted by molar-refractivity contribution is -0.132. The Morgan fingerprint density at radius 3 is 2.62 bits per heavy atom. The molecule has 0 aromatic heterocycles. The minimum atomic E-state index is -0.646. The molecule has 0 radical (unpaired) electrons. The third kappa shape index (κ3) is 8.15. The van der Waals surface area contributed by atoms with E-state index < -0.39 is 12.1 Å². The summed E-state index contributed by atoms with van der Waals surface area (Å²) in [4.78, 5) is 54.0. The number of amides is 4. The quantitative estimate of drug-likeness (QED) is 0.245. The van der Waals surface area contributed by atoms with Gasteiger partial charge in [0, 0.05) is 43.2 Å². The second-order valence-electron chi connectivity index (χ2n) is 12.2. The summed E-state index contributed by atoms with van der Waals surface area (Å²) in [6.07, 6.45) is -0.781. The van der Waals surface area contributed by atoms with Crippen molar-refractivity contribution in [1.29, 1.82) is 0 Å². The van der Waals surface area contributed by atoms with E-state index in [0.717, 1.165) is 22.3 Å². The molecule has 12 heteroatoms. The van der Waals surface area contributed by atoms with Crippen molar-refractivity contribution in [3.63, 3.8) is 0 Å². The standard InChI is InChI=1S/C38H38N4O8/c1-23-9-11-26-17-30(23)25-5-3-8-29(16-25)49-22-36(45)39-19-24-10-12-32(33(15-24)48-2)50-34-21-42(20-31(34)41-38(26)47)37(46)14-13-35(44)40-27-6-4-7-28(43)18-27/h3-12,15-18,31,34,43H,13-14,19-22H2,1-2H3,(H,39,45)(H,40,44)(H,41,47)/t31-,34-/m0/s1. The molecule has 0 unspecified atom stereocenters. The van der Waals surface area contributed by atoms with Crippen LogP contribution in [0.5, 0.6) is 23.0 Å². The van der Waals surface area contributed by atoms with E-state index in [0.29, 0.717) is 28.5 Å². The van der Waals surface area contributed by atoms with Gasteiger partial charge in [0.25, 0.3) is 11.8 Å². The molecule has 4 N–H and O–H groups in total. The molecule has 50 heavy (non-hydrogen) atoms. The lowest BCUT2D eigenvalue weighted by Gasteiger charge is -2.23. The number of fused-ring (bicyclic) bond motifs is 7. The van der Waals surface area contributed by atoms with E-state index in [1.807, 2.05) is 31.2 Å². The predicted molar refractivity (Wildman–Crippen MR) is 185 cm³/mol. The molecule has 0 aliphatic carbocycles. The molecule has 6 bridgehead atoms. The van der Waals surface area contributed by atoms with Gasteiger partial charge in [-0.15, -0.1) is 0 Å². The van der Waals surface area contributed by atoms with Crippen LogP contribution in [0, 0.1) is 6.92 Å². The van der Waals surface area contributed by atoms with Gasteiger partial charge in [0.2, 0.25) is 11.8 Å². The van der Waals surface area contributed by atoms with Gasteiger partial charge in [0.1, 0.15) is 17.6 Å². The summed E-state index contributed by atoms with van der Waals surface area (Å²) in [6, 6.07) is 23.6. The van der Waals surface area contributed by atoms with Gasteiger partial charge < -0.3 is 40.2 Å². The highest BCUT2D eigenvalue weighted by Crippen LogP contribution is 2.32. The van der Waals surface area contributed by atoms with Crippen molar-refractivity contribution in [1.82, 2.24) is 15.5 Å². The Morgan fingerprint density at radius 2 is 1.80 bits per heavy atom. The van der Waals surface area contributed by atoms with Crippen molar-refractivity contribution in [2.45, 2.75) is 38.5 Å². The average molecular weight is 679 g/mol. The first-order valence-electron chi connectivity index (χ1n) is 16.3. The van der Waals surface area contributed by atoms with E-state index in [4.69, 9.17) is 14.2 Å². The van der Waals surface area contributed by atoms with Crippen LogP contribution in [-0.4, -0.2) is 72.6 Å². The van der Waals surface area contributed by atoms with Gasteiger partial charge in [-0.1, -0.05) is 30.3 Å². The molecule has 3 aliphatic heterocycles. The zero-order valence-corrected chi connectivity index (χ0v) is 27.7. The maximum absolute atomic E-state index is 13.8. The number of methoxy groups -OCH3 is 1. The number of benzene rings is 4. The van der Waals surface area contributed by atoms with E-state index in [9.17, 15) is 24.3 Å². The van der Waals surface area contributed by atoms with E-state index >= 15 is 0 Å². The number of ether oxygens (including phenoxy) is 3. The lowest BCUT2D eigenvalue weighted by Crippen LogP contribution is -2.45. The van der Waals surface area contributed by atoms with Gasteiger partial charge >= 0.3 is 0 Å². The van der Waals surface area contributed by atoms with Crippen LogP contribution in [-0.2, 0) is 20.9 Å². The first kappa shape index (κ1) is 33.8. The second kappa shape index (κ2) is 15.0. The molecule has 12 nitrogen and oxygen atoms in total. The van der Waals surface area contributed by atoms with Gasteiger partial charge in [-0.05, 0) is 77.7 Å². The number of rotatable bonds is 5. The highest BCUT2D eigenvalue weighted by atomic mass is 16.5. The predicted octanol–water partition coefficient (Wildman–Crippen LogP) is 4.19. The Morgan fingerprint density at radius 1 is 0.960 bits per heavy atom. The second-order valence-corrected chi connectivity index (χ2v) is 12.2. The van der Waals surface area contributed by atoms with Crippen molar-refractivity contribution in [2.75, 3.05) is 32.1 Å². The van der Waals surface area contributed by atoms with Gasteiger partial charge in [-0.2, -0.15) is 0 Å². The monoisotopic (exact) mass is 678 g/mol.